The highest BCUT2D eigenvalue weighted by Crippen LogP contribution is 2.32. The Morgan fingerprint density at radius 1 is 1.38 bits per heavy atom. The van der Waals surface area contributed by atoms with Crippen molar-refractivity contribution in [2.24, 2.45) is 0 Å². The van der Waals surface area contributed by atoms with E-state index in [-0.39, 0.29) is 18.0 Å². The van der Waals surface area contributed by atoms with Crippen LogP contribution in [0, 0.1) is 10.1 Å². The van der Waals surface area contributed by atoms with Crippen molar-refractivity contribution in [3.05, 3.63) is 34.4 Å². The lowest BCUT2D eigenvalue weighted by Gasteiger charge is -2.25. The lowest BCUT2D eigenvalue weighted by atomic mass is 10.3. The first-order valence-electron chi connectivity index (χ1n) is 5.65. The van der Waals surface area contributed by atoms with E-state index in [9.17, 15) is 14.9 Å². The third-order valence-electron chi connectivity index (χ3n) is 2.12. The molecule has 0 bridgehead atoms. The molecule has 0 spiro atoms. The van der Waals surface area contributed by atoms with E-state index in [4.69, 9.17) is 39.5 Å². The molecule has 21 heavy (non-hydrogen) atoms. The molecular weight excluding hydrogens is 346 g/mol. The average molecular weight is 358 g/mol. The zero-order chi connectivity index (χ0) is 16.0. The third-order valence-corrected chi connectivity index (χ3v) is 2.72. The van der Waals surface area contributed by atoms with E-state index in [0.29, 0.717) is 0 Å². The summed E-state index contributed by atoms with van der Waals surface area (Å²) < 4.78 is 8.00. The molecule has 116 valence electrons. The van der Waals surface area contributed by atoms with E-state index < -0.39 is 21.0 Å². The summed E-state index contributed by atoms with van der Waals surface area (Å²) in [6.45, 7) is 1.75. The van der Waals surface area contributed by atoms with Gasteiger partial charge in [-0.2, -0.15) is 0 Å². The van der Waals surface area contributed by atoms with Crippen molar-refractivity contribution in [1.29, 1.82) is 0 Å². The molecule has 7 nitrogen and oxygen atoms in total. The van der Waals surface area contributed by atoms with Gasteiger partial charge in [0, 0.05) is 12.1 Å². The number of hydrogen-bond acceptors (Lipinski definition) is 5. The minimum absolute atomic E-state index is 0.119. The number of nitrogens with one attached hydrogen (secondary N) is 1. The molecule has 0 fully saturated rings. The molecule has 0 saturated heterocycles. The van der Waals surface area contributed by atoms with E-state index in [1.54, 1.807) is 6.92 Å². The Balaban J connectivity index is 2.81. The fourth-order valence-electron chi connectivity index (χ4n) is 1.24. The molecule has 1 aromatic rings. The monoisotopic (exact) mass is 356 g/mol. The fourth-order valence-corrected chi connectivity index (χ4v) is 1.54. The summed E-state index contributed by atoms with van der Waals surface area (Å²) >= 11 is 17.1. The second-order valence-electron chi connectivity index (χ2n) is 3.66. The van der Waals surface area contributed by atoms with Crippen LogP contribution in [0.15, 0.2) is 24.3 Å². The van der Waals surface area contributed by atoms with Crippen LogP contribution in [0.4, 0.5) is 10.5 Å². The van der Waals surface area contributed by atoms with Crippen molar-refractivity contribution in [3.8, 4) is 5.75 Å². The van der Waals surface area contributed by atoms with Crippen molar-refractivity contribution in [3.63, 3.8) is 0 Å². The highest BCUT2D eigenvalue weighted by Gasteiger charge is 2.36. The Bertz CT molecular complexity index is 504. The molecule has 1 aromatic carbocycles. The van der Waals surface area contributed by atoms with Crippen molar-refractivity contribution < 1.29 is 19.2 Å². The smallest absolute Gasteiger partial charge is 0.410 e. The molecule has 0 aliphatic rings. The number of non-ortho nitro benzene ring substituents is 1. The van der Waals surface area contributed by atoms with Crippen LogP contribution in [-0.2, 0) is 4.74 Å². The lowest BCUT2D eigenvalue weighted by molar-refractivity contribution is -0.384. The molecule has 1 rings (SSSR count). The Kier molecular flexibility index (Phi) is 6.32. The summed E-state index contributed by atoms with van der Waals surface area (Å²) in [5, 5.41) is 12.8. The highest BCUT2D eigenvalue weighted by molar-refractivity contribution is 6.68. The predicted molar refractivity (Wildman–Crippen MR) is 78.0 cm³/mol. The molecular formula is C11H11Cl3N2O5. The number of rotatable bonds is 5. The number of carbonyl (C=O) groups excluding carboxylic acids is 1. The predicted octanol–water partition coefficient (Wildman–Crippen LogP) is 3.42. The van der Waals surface area contributed by atoms with Gasteiger partial charge in [-0.1, -0.05) is 34.8 Å². The zero-order valence-corrected chi connectivity index (χ0v) is 13.0. The summed E-state index contributed by atoms with van der Waals surface area (Å²) in [7, 11) is 0. The third kappa shape index (κ3) is 5.82. The van der Waals surface area contributed by atoms with E-state index in [2.05, 4.69) is 10.1 Å². The van der Waals surface area contributed by atoms with Gasteiger partial charge in [0.2, 0.25) is 10.0 Å². The molecule has 0 aliphatic carbocycles. The molecule has 10 heteroatoms. The number of hydrogen-bond donors (Lipinski definition) is 1. The Hall–Kier alpha value is -1.44. The van der Waals surface area contributed by atoms with E-state index in [1.807, 2.05) is 0 Å². The van der Waals surface area contributed by atoms with Gasteiger partial charge >= 0.3 is 6.09 Å². The molecule has 0 aromatic heterocycles. The number of carbonyl (C=O) groups is 1. The van der Waals surface area contributed by atoms with Gasteiger partial charge in [-0.15, -0.1) is 0 Å². The first kappa shape index (κ1) is 17.6. The molecule has 0 radical (unpaired) electrons. The maximum absolute atomic E-state index is 11.4. The maximum Gasteiger partial charge on any atom is 0.410 e. The van der Waals surface area contributed by atoms with Gasteiger partial charge in [-0.05, 0) is 19.1 Å². The van der Waals surface area contributed by atoms with Crippen molar-refractivity contribution in [1.82, 2.24) is 5.32 Å². The molecule has 1 amide bonds. The number of alkyl halides is 3. The number of benzene rings is 1. The number of halogens is 3. The summed E-state index contributed by atoms with van der Waals surface area (Å²) in [5.41, 5.74) is -0.119. The second kappa shape index (κ2) is 7.53. The van der Waals surface area contributed by atoms with Crippen LogP contribution < -0.4 is 10.1 Å². The van der Waals surface area contributed by atoms with Crippen LogP contribution in [0.1, 0.15) is 6.92 Å². The number of alkyl carbamates (subject to hydrolysis) is 1. The zero-order valence-electron chi connectivity index (χ0n) is 10.7. The van der Waals surface area contributed by atoms with Crippen LogP contribution in [0.3, 0.4) is 0 Å². The van der Waals surface area contributed by atoms with Gasteiger partial charge in [0.25, 0.3) is 5.69 Å². The van der Waals surface area contributed by atoms with E-state index >= 15 is 0 Å². The summed E-state index contributed by atoms with van der Waals surface area (Å²) in [6.07, 6.45) is -2.15. The largest absolute Gasteiger partial charge is 0.466 e. The van der Waals surface area contributed by atoms with Crippen molar-refractivity contribution >= 4 is 46.6 Å². The number of ether oxygens (including phenoxy) is 2. The SMILES string of the molecule is CCOC(=O)NC(Oc1ccc([N+](=O)[O-])cc1)C(Cl)(Cl)Cl. The number of nitrogens with zero attached hydrogens (tertiary/aromatic N) is 1. The van der Waals surface area contributed by atoms with Crippen LogP contribution in [0.25, 0.3) is 0 Å². The fraction of sp³-hybridized carbons (Fsp3) is 0.364. The Morgan fingerprint density at radius 3 is 2.38 bits per heavy atom. The molecule has 0 heterocycles. The number of nitro groups is 1. The highest BCUT2D eigenvalue weighted by atomic mass is 35.6. The van der Waals surface area contributed by atoms with Crippen LogP contribution >= 0.6 is 34.8 Å². The van der Waals surface area contributed by atoms with Gasteiger partial charge in [0.05, 0.1) is 11.5 Å². The maximum atomic E-state index is 11.4. The quantitative estimate of drug-likeness (QED) is 0.377. The van der Waals surface area contributed by atoms with Gasteiger partial charge in [-0.3, -0.25) is 15.4 Å². The molecule has 0 saturated carbocycles. The van der Waals surface area contributed by atoms with Gasteiger partial charge in [0.15, 0.2) is 0 Å². The van der Waals surface area contributed by atoms with Crippen LogP contribution in [-0.4, -0.2) is 27.6 Å². The van der Waals surface area contributed by atoms with Gasteiger partial charge < -0.3 is 9.47 Å². The Morgan fingerprint density at radius 2 is 1.95 bits per heavy atom. The molecule has 1 unspecified atom stereocenters. The summed E-state index contributed by atoms with van der Waals surface area (Å²) in [6, 6.07) is 5.06. The standard InChI is InChI=1S/C11H11Cl3N2O5/c1-2-20-10(17)15-9(11(12,13)14)21-8-5-3-7(4-6-8)16(18)19/h3-6,9H,2H2,1H3,(H,15,17). The van der Waals surface area contributed by atoms with Gasteiger partial charge in [-0.25, -0.2) is 4.79 Å². The first-order valence-corrected chi connectivity index (χ1v) is 6.78. The number of amides is 1. The summed E-state index contributed by atoms with van der Waals surface area (Å²) in [5.74, 6) is 0.175. The normalized spacial score (nSPS) is 12.4. The van der Waals surface area contributed by atoms with Crippen molar-refractivity contribution in [2.75, 3.05) is 6.61 Å². The Labute approximate surface area is 135 Å². The lowest BCUT2D eigenvalue weighted by Crippen LogP contribution is -2.48. The average Bonchev–Trinajstić information content (AvgIpc) is 2.37. The minimum Gasteiger partial charge on any atom is -0.466 e. The summed E-state index contributed by atoms with van der Waals surface area (Å²) in [4.78, 5) is 21.3. The second-order valence-corrected chi connectivity index (χ2v) is 6.02. The molecule has 0 aliphatic heterocycles. The number of nitro benzene ring substituents is 1. The first-order chi connectivity index (χ1) is 9.74. The molecule has 1 N–H and O–H groups in total. The van der Waals surface area contributed by atoms with Crippen LogP contribution in [0.5, 0.6) is 5.75 Å². The van der Waals surface area contributed by atoms with E-state index in [1.165, 1.54) is 24.3 Å². The minimum atomic E-state index is -1.96. The van der Waals surface area contributed by atoms with Crippen LogP contribution in [0.2, 0.25) is 0 Å². The van der Waals surface area contributed by atoms with Crippen molar-refractivity contribution in [2.45, 2.75) is 16.9 Å². The van der Waals surface area contributed by atoms with Gasteiger partial charge in [0.1, 0.15) is 5.75 Å². The van der Waals surface area contributed by atoms with E-state index in [0.717, 1.165) is 0 Å². The molecule has 1 atom stereocenters. The topological polar surface area (TPSA) is 90.7 Å².